The lowest BCUT2D eigenvalue weighted by Crippen LogP contribution is -2.37. The van der Waals surface area contributed by atoms with E-state index in [1.165, 1.54) is 0 Å². The van der Waals surface area contributed by atoms with E-state index in [1.54, 1.807) is 19.1 Å². The molecule has 0 aliphatic heterocycles. The van der Waals surface area contributed by atoms with Gasteiger partial charge in [0.25, 0.3) is 5.91 Å². The van der Waals surface area contributed by atoms with Crippen molar-refractivity contribution in [2.75, 3.05) is 20.8 Å². The van der Waals surface area contributed by atoms with Crippen LogP contribution in [-0.2, 0) is 11.2 Å². The highest BCUT2D eigenvalue weighted by atomic mass is 32.1. The quantitative estimate of drug-likeness (QED) is 0.780. The molecule has 0 aliphatic carbocycles. The van der Waals surface area contributed by atoms with Crippen LogP contribution in [0.2, 0.25) is 0 Å². The minimum Gasteiger partial charge on any atom is -0.383 e. The normalized spacial score (nSPS) is 12.5. The monoisotopic (exact) mass is 243 g/mol. The molecule has 16 heavy (non-hydrogen) atoms. The van der Waals surface area contributed by atoms with Gasteiger partial charge >= 0.3 is 0 Å². The standard InChI is InChI=1S/C10H17N3O2S/c1-5-8-9(16-12-11-8)10(14)13(3)7(2)6-15-4/h7H,5-6H2,1-4H3/t7-/m0/s1. The van der Waals surface area contributed by atoms with Gasteiger partial charge in [0.05, 0.1) is 18.3 Å². The molecule has 0 unspecified atom stereocenters. The molecule has 6 heteroatoms. The number of aromatic nitrogens is 2. The molecule has 1 aromatic heterocycles. The molecule has 0 saturated carbocycles. The Hall–Kier alpha value is -1.01. The fourth-order valence-electron chi connectivity index (χ4n) is 1.32. The van der Waals surface area contributed by atoms with E-state index >= 15 is 0 Å². The molecule has 1 rings (SSSR count). The zero-order valence-corrected chi connectivity index (χ0v) is 10.9. The fourth-order valence-corrected chi connectivity index (χ4v) is 2.05. The summed E-state index contributed by atoms with van der Waals surface area (Å²) in [5.74, 6) is -0.0311. The van der Waals surface area contributed by atoms with E-state index in [-0.39, 0.29) is 11.9 Å². The molecular formula is C10H17N3O2S. The first-order valence-corrected chi connectivity index (χ1v) is 5.96. The number of carbonyl (C=O) groups is 1. The maximum absolute atomic E-state index is 12.1. The van der Waals surface area contributed by atoms with E-state index < -0.39 is 0 Å². The average Bonchev–Trinajstić information content (AvgIpc) is 2.75. The van der Waals surface area contributed by atoms with Gasteiger partial charge in [0.15, 0.2) is 0 Å². The lowest BCUT2D eigenvalue weighted by molar-refractivity contribution is 0.0637. The van der Waals surface area contributed by atoms with Crippen LogP contribution < -0.4 is 0 Å². The van der Waals surface area contributed by atoms with Gasteiger partial charge in [0, 0.05) is 14.2 Å². The lowest BCUT2D eigenvalue weighted by atomic mass is 10.2. The predicted molar refractivity (Wildman–Crippen MR) is 62.7 cm³/mol. The van der Waals surface area contributed by atoms with Crippen molar-refractivity contribution in [3.63, 3.8) is 0 Å². The van der Waals surface area contributed by atoms with Crippen molar-refractivity contribution >= 4 is 17.4 Å². The number of carbonyl (C=O) groups excluding carboxylic acids is 1. The number of ether oxygens (including phenoxy) is 1. The second-order valence-electron chi connectivity index (χ2n) is 3.62. The maximum atomic E-state index is 12.1. The van der Waals surface area contributed by atoms with E-state index in [4.69, 9.17) is 4.74 Å². The number of amides is 1. The van der Waals surface area contributed by atoms with E-state index in [0.29, 0.717) is 11.5 Å². The lowest BCUT2D eigenvalue weighted by Gasteiger charge is -2.23. The third kappa shape index (κ3) is 2.76. The van der Waals surface area contributed by atoms with Crippen LogP contribution in [0, 0.1) is 0 Å². The second-order valence-corrected chi connectivity index (χ2v) is 4.38. The molecule has 0 N–H and O–H groups in total. The minimum absolute atomic E-state index is 0.0311. The van der Waals surface area contributed by atoms with Crippen molar-refractivity contribution in [3.05, 3.63) is 10.6 Å². The van der Waals surface area contributed by atoms with Gasteiger partial charge in [-0.3, -0.25) is 4.79 Å². The Bertz CT molecular complexity index is 354. The molecule has 0 saturated heterocycles. The number of rotatable bonds is 5. The Balaban J connectivity index is 2.77. The molecule has 0 bridgehead atoms. The Morgan fingerprint density at radius 2 is 2.31 bits per heavy atom. The third-order valence-electron chi connectivity index (χ3n) is 2.47. The SMILES string of the molecule is CCc1nnsc1C(=O)N(C)[C@@H](C)COC. The topological polar surface area (TPSA) is 55.3 Å². The molecule has 1 aromatic rings. The molecule has 0 spiro atoms. The van der Waals surface area contributed by atoms with Crippen LogP contribution in [0.25, 0.3) is 0 Å². The van der Waals surface area contributed by atoms with E-state index in [9.17, 15) is 4.79 Å². The number of methoxy groups -OCH3 is 1. The highest BCUT2D eigenvalue weighted by Crippen LogP contribution is 2.14. The summed E-state index contributed by atoms with van der Waals surface area (Å²) < 4.78 is 8.84. The Labute approximate surface area is 99.6 Å². The summed E-state index contributed by atoms with van der Waals surface area (Å²) in [6.07, 6.45) is 0.726. The highest BCUT2D eigenvalue weighted by Gasteiger charge is 2.22. The first kappa shape index (κ1) is 13.1. The molecule has 1 heterocycles. The first-order chi connectivity index (χ1) is 7.61. The van der Waals surface area contributed by atoms with Crippen molar-refractivity contribution in [2.24, 2.45) is 0 Å². The van der Waals surface area contributed by atoms with Crippen LogP contribution in [0.3, 0.4) is 0 Å². The summed E-state index contributed by atoms with van der Waals surface area (Å²) in [5, 5.41) is 3.93. The second kappa shape index (κ2) is 5.91. The van der Waals surface area contributed by atoms with Crippen LogP contribution in [0.15, 0.2) is 0 Å². The molecule has 90 valence electrons. The summed E-state index contributed by atoms with van der Waals surface area (Å²) in [7, 11) is 3.39. The van der Waals surface area contributed by atoms with Crippen LogP contribution in [0.5, 0.6) is 0 Å². The summed E-state index contributed by atoms with van der Waals surface area (Å²) in [4.78, 5) is 14.4. The zero-order chi connectivity index (χ0) is 12.1. The average molecular weight is 243 g/mol. The molecule has 5 nitrogen and oxygen atoms in total. The van der Waals surface area contributed by atoms with Crippen LogP contribution in [-0.4, -0.2) is 47.2 Å². The van der Waals surface area contributed by atoms with Crippen LogP contribution in [0.1, 0.15) is 29.2 Å². The first-order valence-electron chi connectivity index (χ1n) is 5.19. The highest BCUT2D eigenvalue weighted by molar-refractivity contribution is 7.07. The van der Waals surface area contributed by atoms with Gasteiger partial charge in [0.2, 0.25) is 0 Å². The van der Waals surface area contributed by atoms with Crippen LogP contribution >= 0.6 is 11.5 Å². The molecule has 1 atom stereocenters. The van der Waals surface area contributed by atoms with E-state index in [2.05, 4.69) is 9.59 Å². The molecule has 0 radical (unpaired) electrons. The number of aryl methyl sites for hydroxylation is 1. The number of hydrogen-bond acceptors (Lipinski definition) is 5. The van der Waals surface area contributed by atoms with Gasteiger partial charge in [-0.15, -0.1) is 5.10 Å². The Kier molecular flexibility index (Phi) is 4.82. The van der Waals surface area contributed by atoms with Gasteiger partial charge < -0.3 is 9.64 Å². The number of hydrogen-bond donors (Lipinski definition) is 0. The predicted octanol–water partition coefficient (Wildman–Crippen LogP) is 1.21. The van der Waals surface area contributed by atoms with Crippen LogP contribution in [0.4, 0.5) is 0 Å². The number of nitrogens with zero attached hydrogens (tertiary/aromatic N) is 3. The van der Waals surface area contributed by atoms with Gasteiger partial charge in [-0.2, -0.15) is 0 Å². The van der Waals surface area contributed by atoms with Crippen molar-refractivity contribution in [2.45, 2.75) is 26.3 Å². The molecular weight excluding hydrogens is 226 g/mol. The van der Waals surface area contributed by atoms with Gasteiger partial charge in [0.1, 0.15) is 4.88 Å². The Morgan fingerprint density at radius 3 is 2.88 bits per heavy atom. The number of likely N-dealkylation sites (N-methyl/N-ethyl adjacent to an activating group) is 1. The maximum Gasteiger partial charge on any atom is 0.267 e. The largest absolute Gasteiger partial charge is 0.383 e. The molecule has 0 fully saturated rings. The van der Waals surface area contributed by atoms with Gasteiger partial charge in [-0.1, -0.05) is 11.4 Å². The van der Waals surface area contributed by atoms with Crippen molar-refractivity contribution in [3.8, 4) is 0 Å². The molecule has 0 aliphatic rings. The van der Waals surface area contributed by atoms with Crippen molar-refractivity contribution in [1.82, 2.24) is 14.5 Å². The minimum atomic E-state index is -0.0311. The fraction of sp³-hybridized carbons (Fsp3) is 0.700. The molecule has 0 aromatic carbocycles. The third-order valence-corrected chi connectivity index (χ3v) is 3.23. The van der Waals surface area contributed by atoms with E-state index in [0.717, 1.165) is 23.6 Å². The zero-order valence-electron chi connectivity index (χ0n) is 10.1. The van der Waals surface area contributed by atoms with Crippen molar-refractivity contribution < 1.29 is 9.53 Å². The molecule has 1 amide bonds. The summed E-state index contributed by atoms with van der Waals surface area (Å²) in [6, 6.07) is 0.0457. The van der Waals surface area contributed by atoms with Crippen molar-refractivity contribution in [1.29, 1.82) is 0 Å². The van der Waals surface area contributed by atoms with Gasteiger partial charge in [-0.25, -0.2) is 0 Å². The summed E-state index contributed by atoms with van der Waals surface area (Å²) >= 11 is 1.15. The summed E-state index contributed by atoms with van der Waals surface area (Å²) in [5.41, 5.74) is 0.770. The smallest absolute Gasteiger partial charge is 0.267 e. The van der Waals surface area contributed by atoms with E-state index in [1.807, 2.05) is 13.8 Å². The summed E-state index contributed by atoms with van der Waals surface area (Å²) in [6.45, 7) is 4.43. The van der Waals surface area contributed by atoms with Gasteiger partial charge in [-0.05, 0) is 24.9 Å². The Morgan fingerprint density at radius 1 is 1.62 bits per heavy atom.